The average molecular weight is 282 g/mol. The number of carbonyl (C=O) groups excluding carboxylic acids is 1. The molecule has 3 nitrogen and oxygen atoms in total. The molecule has 0 radical (unpaired) electrons. The van der Waals surface area contributed by atoms with Crippen LogP contribution in [0.25, 0.3) is 0 Å². The second kappa shape index (κ2) is 6.93. The number of rotatable bonds is 5. The van der Waals surface area contributed by atoms with E-state index in [4.69, 9.17) is 5.73 Å². The lowest BCUT2D eigenvalue weighted by Gasteiger charge is -2.16. The first kappa shape index (κ1) is 15.1. The first-order valence-electron chi connectivity index (χ1n) is 7.26. The minimum absolute atomic E-state index is 0.0202. The van der Waals surface area contributed by atoms with Gasteiger partial charge in [-0.3, -0.25) is 4.79 Å². The number of nitrogens with one attached hydrogen (secondary N) is 1. The molecule has 1 atom stereocenters. The van der Waals surface area contributed by atoms with Crippen LogP contribution in [-0.4, -0.2) is 5.91 Å². The number of hydrogen-bond acceptors (Lipinski definition) is 2. The summed E-state index contributed by atoms with van der Waals surface area (Å²) < 4.78 is 0. The summed E-state index contributed by atoms with van der Waals surface area (Å²) in [5.41, 5.74) is 10.0. The Hall–Kier alpha value is -2.29. The van der Waals surface area contributed by atoms with Crippen molar-refractivity contribution in [2.45, 2.75) is 32.7 Å². The van der Waals surface area contributed by atoms with Gasteiger partial charge in [-0.2, -0.15) is 0 Å². The van der Waals surface area contributed by atoms with E-state index < -0.39 is 0 Å². The van der Waals surface area contributed by atoms with Crippen LogP contribution in [0.5, 0.6) is 0 Å². The molecule has 0 spiro atoms. The first-order valence-corrected chi connectivity index (χ1v) is 7.26. The van der Waals surface area contributed by atoms with Gasteiger partial charge in [-0.1, -0.05) is 42.5 Å². The Morgan fingerprint density at radius 3 is 2.52 bits per heavy atom. The summed E-state index contributed by atoms with van der Waals surface area (Å²) in [5, 5.41) is 3.05. The second-order valence-corrected chi connectivity index (χ2v) is 5.34. The van der Waals surface area contributed by atoms with Gasteiger partial charge in [-0.05, 0) is 43.0 Å². The van der Waals surface area contributed by atoms with Gasteiger partial charge in [-0.25, -0.2) is 0 Å². The van der Waals surface area contributed by atoms with Gasteiger partial charge in [-0.15, -0.1) is 0 Å². The molecule has 3 N–H and O–H groups in total. The number of benzene rings is 2. The number of amides is 1. The van der Waals surface area contributed by atoms with Crippen LogP contribution in [0.3, 0.4) is 0 Å². The lowest BCUT2D eigenvalue weighted by Crippen LogP contribution is -2.27. The molecule has 0 heterocycles. The molecule has 2 aromatic carbocycles. The smallest absolute Gasteiger partial charge is 0.220 e. The average Bonchev–Trinajstić information content (AvgIpc) is 2.46. The summed E-state index contributed by atoms with van der Waals surface area (Å²) in [5.74, 6) is 0.0500. The molecule has 3 heteroatoms. The molecule has 21 heavy (non-hydrogen) atoms. The van der Waals surface area contributed by atoms with Gasteiger partial charge in [0.05, 0.1) is 6.04 Å². The van der Waals surface area contributed by atoms with E-state index in [9.17, 15) is 4.79 Å². The molecule has 2 aromatic rings. The van der Waals surface area contributed by atoms with Crippen LogP contribution in [0.15, 0.2) is 48.5 Å². The SMILES string of the molecule is Cc1ccccc1[C@@H](C)NC(=O)CCc1ccccc1N. The van der Waals surface area contributed by atoms with E-state index in [0.717, 1.165) is 16.8 Å². The van der Waals surface area contributed by atoms with Crippen molar-refractivity contribution in [1.29, 1.82) is 0 Å². The van der Waals surface area contributed by atoms with Crippen molar-refractivity contribution in [3.8, 4) is 0 Å². The van der Waals surface area contributed by atoms with E-state index in [1.54, 1.807) is 0 Å². The summed E-state index contributed by atoms with van der Waals surface area (Å²) in [4.78, 5) is 12.1. The Morgan fingerprint density at radius 1 is 1.14 bits per heavy atom. The van der Waals surface area contributed by atoms with Crippen molar-refractivity contribution in [2.24, 2.45) is 0 Å². The van der Waals surface area contributed by atoms with Gasteiger partial charge in [0.15, 0.2) is 0 Å². The van der Waals surface area contributed by atoms with Crippen LogP contribution in [0.1, 0.15) is 36.1 Å². The Balaban J connectivity index is 1.90. The highest BCUT2D eigenvalue weighted by Gasteiger charge is 2.11. The molecule has 0 unspecified atom stereocenters. The largest absolute Gasteiger partial charge is 0.399 e. The maximum Gasteiger partial charge on any atom is 0.220 e. The van der Waals surface area contributed by atoms with Crippen LogP contribution in [-0.2, 0) is 11.2 Å². The lowest BCUT2D eigenvalue weighted by atomic mass is 10.0. The molecule has 1 amide bonds. The molecular weight excluding hydrogens is 260 g/mol. The van der Waals surface area contributed by atoms with Crippen LogP contribution in [0, 0.1) is 6.92 Å². The van der Waals surface area contributed by atoms with Crippen LogP contribution < -0.4 is 11.1 Å². The number of nitrogen functional groups attached to an aromatic ring is 1. The van der Waals surface area contributed by atoms with Crippen LogP contribution in [0.4, 0.5) is 5.69 Å². The van der Waals surface area contributed by atoms with Gasteiger partial charge in [0.1, 0.15) is 0 Å². The molecular formula is C18H22N2O. The number of carbonyl (C=O) groups is 1. The molecule has 0 bridgehead atoms. The van der Waals surface area contributed by atoms with Crippen molar-refractivity contribution in [1.82, 2.24) is 5.32 Å². The second-order valence-electron chi connectivity index (χ2n) is 5.34. The predicted molar refractivity (Wildman–Crippen MR) is 86.9 cm³/mol. The van der Waals surface area contributed by atoms with E-state index in [2.05, 4.69) is 24.4 Å². The fraction of sp³-hybridized carbons (Fsp3) is 0.278. The van der Waals surface area contributed by atoms with Crippen molar-refractivity contribution < 1.29 is 4.79 Å². The standard InChI is InChI=1S/C18H22N2O/c1-13-7-3-5-9-16(13)14(2)20-18(21)12-11-15-8-4-6-10-17(15)19/h3-10,14H,11-12,19H2,1-2H3,(H,20,21)/t14-/m1/s1. The fourth-order valence-electron chi connectivity index (χ4n) is 2.47. The zero-order valence-corrected chi connectivity index (χ0v) is 12.6. The van der Waals surface area contributed by atoms with E-state index in [-0.39, 0.29) is 11.9 Å². The van der Waals surface area contributed by atoms with Gasteiger partial charge >= 0.3 is 0 Å². The minimum atomic E-state index is 0.0202. The third kappa shape index (κ3) is 4.09. The van der Waals surface area contributed by atoms with Crippen LogP contribution >= 0.6 is 0 Å². The highest BCUT2D eigenvalue weighted by Crippen LogP contribution is 2.17. The number of para-hydroxylation sites is 1. The summed E-state index contributed by atoms with van der Waals surface area (Å²) in [6.45, 7) is 4.07. The van der Waals surface area contributed by atoms with Crippen molar-refractivity contribution in [2.75, 3.05) is 5.73 Å². The number of hydrogen-bond donors (Lipinski definition) is 2. The zero-order valence-electron chi connectivity index (χ0n) is 12.6. The molecule has 0 saturated heterocycles. The van der Waals surface area contributed by atoms with Crippen molar-refractivity contribution >= 4 is 11.6 Å². The van der Waals surface area contributed by atoms with Crippen LogP contribution in [0.2, 0.25) is 0 Å². The van der Waals surface area contributed by atoms with E-state index in [1.165, 1.54) is 5.56 Å². The zero-order chi connectivity index (χ0) is 15.2. The van der Waals surface area contributed by atoms with Gasteiger partial charge in [0, 0.05) is 12.1 Å². The summed E-state index contributed by atoms with van der Waals surface area (Å²) in [6, 6.07) is 15.8. The highest BCUT2D eigenvalue weighted by atomic mass is 16.1. The van der Waals surface area contributed by atoms with Gasteiger partial charge < -0.3 is 11.1 Å². The number of aryl methyl sites for hydroxylation is 2. The summed E-state index contributed by atoms with van der Waals surface area (Å²) in [6.07, 6.45) is 1.11. The minimum Gasteiger partial charge on any atom is -0.399 e. The molecule has 0 fully saturated rings. The molecule has 0 aromatic heterocycles. The monoisotopic (exact) mass is 282 g/mol. The van der Waals surface area contributed by atoms with Gasteiger partial charge in [0.2, 0.25) is 5.91 Å². The Labute approximate surface area is 126 Å². The van der Waals surface area contributed by atoms with E-state index in [0.29, 0.717) is 12.8 Å². The molecule has 0 aliphatic heterocycles. The van der Waals surface area contributed by atoms with Crippen molar-refractivity contribution in [3.63, 3.8) is 0 Å². The molecule has 2 rings (SSSR count). The summed E-state index contributed by atoms with van der Waals surface area (Å²) >= 11 is 0. The Bertz CT molecular complexity index is 622. The van der Waals surface area contributed by atoms with Crippen molar-refractivity contribution in [3.05, 3.63) is 65.2 Å². The number of anilines is 1. The van der Waals surface area contributed by atoms with E-state index >= 15 is 0 Å². The maximum atomic E-state index is 12.1. The molecule has 0 aliphatic carbocycles. The lowest BCUT2D eigenvalue weighted by molar-refractivity contribution is -0.121. The molecule has 0 saturated carbocycles. The highest BCUT2D eigenvalue weighted by molar-refractivity contribution is 5.77. The maximum absolute atomic E-state index is 12.1. The third-order valence-electron chi connectivity index (χ3n) is 3.71. The first-order chi connectivity index (χ1) is 10.1. The topological polar surface area (TPSA) is 55.1 Å². The predicted octanol–water partition coefficient (Wildman–Crippen LogP) is 3.39. The Kier molecular flexibility index (Phi) is 4.99. The normalized spacial score (nSPS) is 11.9. The fourth-order valence-corrected chi connectivity index (χ4v) is 2.47. The number of nitrogens with two attached hydrogens (primary N) is 1. The van der Waals surface area contributed by atoms with Gasteiger partial charge in [0.25, 0.3) is 0 Å². The molecule has 0 aliphatic rings. The summed E-state index contributed by atoms with van der Waals surface area (Å²) in [7, 11) is 0. The van der Waals surface area contributed by atoms with E-state index in [1.807, 2.05) is 43.3 Å². The molecule has 110 valence electrons. The Morgan fingerprint density at radius 2 is 1.81 bits per heavy atom. The third-order valence-corrected chi connectivity index (χ3v) is 3.71. The quantitative estimate of drug-likeness (QED) is 0.826.